The minimum Gasteiger partial charge on any atom is -0.380 e. The van der Waals surface area contributed by atoms with Crippen molar-refractivity contribution < 1.29 is 9.53 Å². The van der Waals surface area contributed by atoms with Crippen molar-refractivity contribution in [3.8, 4) is 0 Å². The van der Waals surface area contributed by atoms with Crippen LogP contribution in [0.5, 0.6) is 0 Å². The molecule has 19 heavy (non-hydrogen) atoms. The molecule has 0 fully saturated rings. The minimum absolute atomic E-state index is 0.119. The first-order valence-electron chi connectivity index (χ1n) is 5.84. The molecule has 0 saturated carbocycles. The normalized spacial score (nSPS) is 10.2. The number of hydrogen-bond donors (Lipinski definition) is 1. The molecule has 0 aliphatic carbocycles. The largest absolute Gasteiger partial charge is 0.380 e. The summed E-state index contributed by atoms with van der Waals surface area (Å²) in [6, 6.07) is 14.8. The second kappa shape index (κ2) is 6.50. The second-order valence-corrected chi connectivity index (χ2v) is 5.01. The maximum absolute atomic E-state index is 12.0. The van der Waals surface area contributed by atoms with Crippen LogP contribution in [0.25, 0.3) is 0 Å². The number of anilines is 1. The molecule has 0 aromatic heterocycles. The van der Waals surface area contributed by atoms with E-state index in [4.69, 9.17) is 4.74 Å². The Bertz CT molecular complexity index is 549. The summed E-state index contributed by atoms with van der Waals surface area (Å²) in [5.41, 5.74) is 2.47. The molecule has 0 bridgehead atoms. The highest BCUT2D eigenvalue weighted by Gasteiger charge is 2.05. The van der Waals surface area contributed by atoms with E-state index in [0.717, 1.165) is 15.7 Å². The van der Waals surface area contributed by atoms with Crippen molar-refractivity contribution in [2.24, 2.45) is 0 Å². The zero-order valence-electron chi connectivity index (χ0n) is 10.5. The monoisotopic (exact) mass is 319 g/mol. The predicted molar refractivity (Wildman–Crippen MR) is 79.3 cm³/mol. The summed E-state index contributed by atoms with van der Waals surface area (Å²) in [5.74, 6) is -0.119. The van der Waals surface area contributed by atoms with Crippen molar-refractivity contribution in [2.45, 2.75) is 6.61 Å². The van der Waals surface area contributed by atoms with Crippen LogP contribution in [-0.4, -0.2) is 13.0 Å². The molecule has 0 radical (unpaired) electrons. The van der Waals surface area contributed by atoms with E-state index in [-0.39, 0.29) is 5.91 Å². The Morgan fingerprint density at radius 3 is 2.32 bits per heavy atom. The average molecular weight is 320 g/mol. The van der Waals surface area contributed by atoms with E-state index in [0.29, 0.717) is 12.2 Å². The van der Waals surface area contributed by atoms with Crippen molar-refractivity contribution in [1.82, 2.24) is 0 Å². The SMILES string of the molecule is COCc1ccc(NC(=O)c2ccc(Br)cc2)cc1. The van der Waals surface area contributed by atoms with Crippen molar-refractivity contribution >= 4 is 27.5 Å². The van der Waals surface area contributed by atoms with Crippen LogP contribution in [0.15, 0.2) is 53.0 Å². The van der Waals surface area contributed by atoms with Crippen LogP contribution in [0.3, 0.4) is 0 Å². The van der Waals surface area contributed by atoms with Gasteiger partial charge in [-0.05, 0) is 42.0 Å². The third-order valence-corrected chi connectivity index (χ3v) is 3.16. The Balaban J connectivity index is 2.04. The molecule has 3 nitrogen and oxygen atoms in total. The van der Waals surface area contributed by atoms with Crippen molar-refractivity contribution in [2.75, 3.05) is 12.4 Å². The third kappa shape index (κ3) is 3.91. The molecule has 0 aliphatic heterocycles. The third-order valence-electron chi connectivity index (χ3n) is 2.63. The maximum atomic E-state index is 12.0. The van der Waals surface area contributed by atoms with Gasteiger partial charge in [0.15, 0.2) is 0 Å². The Morgan fingerprint density at radius 2 is 1.74 bits per heavy atom. The number of hydrogen-bond acceptors (Lipinski definition) is 2. The Labute approximate surface area is 120 Å². The number of ether oxygens (including phenoxy) is 1. The first-order valence-corrected chi connectivity index (χ1v) is 6.63. The highest BCUT2D eigenvalue weighted by molar-refractivity contribution is 9.10. The van der Waals surface area contributed by atoms with E-state index >= 15 is 0 Å². The topological polar surface area (TPSA) is 38.3 Å². The fourth-order valence-corrected chi connectivity index (χ4v) is 1.92. The highest BCUT2D eigenvalue weighted by atomic mass is 79.9. The molecule has 0 aliphatic rings. The molecule has 2 aromatic carbocycles. The molecule has 0 heterocycles. The molecular weight excluding hydrogens is 306 g/mol. The number of benzene rings is 2. The van der Waals surface area contributed by atoms with Gasteiger partial charge in [0.25, 0.3) is 5.91 Å². The minimum atomic E-state index is -0.119. The van der Waals surface area contributed by atoms with Crippen LogP contribution >= 0.6 is 15.9 Å². The average Bonchev–Trinajstić information content (AvgIpc) is 2.42. The van der Waals surface area contributed by atoms with Gasteiger partial charge in [-0.15, -0.1) is 0 Å². The van der Waals surface area contributed by atoms with Crippen LogP contribution in [0, 0.1) is 0 Å². The summed E-state index contributed by atoms with van der Waals surface area (Å²) >= 11 is 3.34. The lowest BCUT2D eigenvalue weighted by Crippen LogP contribution is -2.11. The van der Waals surface area contributed by atoms with Gasteiger partial charge in [-0.2, -0.15) is 0 Å². The summed E-state index contributed by atoms with van der Waals surface area (Å²) in [4.78, 5) is 12.0. The van der Waals surface area contributed by atoms with Gasteiger partial charge in [-0.3, -0.25) is 4.79 Å². The fraction of sp³-hybridized carbons (Fsp3) is 0.133. The standard InChI is InChI=1S/C15H14BrNO2/c1-19-10-11-2-8-14(9-3-11)17-15(18)12-4-6-13(16)7-5-12/h2-9H,10H2,1H3,(H,17,18). The number of carbonyl (C=O) groups excluding carboxylic acids is 1. The zero-order valence-corrected chi connectivity index (χ0v) is 12.1. The van der Waals surface area contributed by atoms with E-state index in [1.54, 1.807) is 19.2 Å². The van der Waals surface area contributed by atoms with E-state index in [2.05, 4.69) is 21.2 Å². The summed E-state index contributed by atoms with van der Waals surface area (Å²) < 4.78 is 5.99. The van der Waals surface area contributed by atoms with E-state index in [1.807, 2.05) is 36.4 Å². The molecule has 1 N–H and O–H groups in total. The maximum Gasteiger partial charge on any atom is 0.255 e. The molecule has 98 valence electrons. The smallest absolute Gasteiger partial charge is 0.255 e. The molecule has 4 heteroatoms. The highest BCUT2D eigenvalue weighted by Crippen LogP contribution is 2.14. The number of rotatable bonds is 4. The van der Waals surface area contributed by atoms with E-state index in [1.165, 1.54) is 0 Å². The fourth-order valence-electron chi connectivity index (χ4n) is 1.66. The Morgan fingerprint density at radius 1 is 1.11 bits per heavy atom. The van der Waals surface area contributed by atoms with Crippen LogP contribution < -0.4 is 5.32 Å². The summed E-state index contributed by atoms with van der Waals surface area (Å²) in [7, 11) is 1.66. The molecule has 0 spiro atoms. The summed E-state index contributed by atoms with van der Waals surface area (Å²) in [6.45, 7) is 0.570. The van der Waals surface area contributed by atoms with Crippen molar-refractivity contribution in [3.05, 3.63) is 64.1 Å². The lowest BCUT2D eigenvalue weighted by atomic mass is 10.2. The Hall–Kier alpha value is -1.65. The molecule has 0 unspecified atom stereocenters. The van der Waals surface area contributed by atoms with Gasteiger partial charge in [0.1, 0.15) is 0 Å². The Kier molecular flexibility index (Phi) is 4.71. The van der Waals surface area contributed by atoms with Crippen molar-refractivity contribution in [1.29, 1.82) is 0 Å². The molecule has 2 rings (SSSR count). The van der Waals surface area contributed by atoms with Gasteiger partial charge in [0.2, 0.25) is 0 Å². The second-order valence-electron chi connectivity index (χ2n) is 4.09. The number of carbonyl (C=O) groups is 1. The lowest BCUT2D eigenvalue weighted by molar-refractivity contribution is 0.102. The van der Waals surface area contributed by atoms with E-state index in [9.17, 15) is 4.79 Å². The summed E-state index contributed by atoms with van der Waals surface area (Å²) in [6.07, 6.45) is 0. The van der Waals surface area contributed by atoms with Gasteiger partial charge in [0.05, 0.1) is 6.61 Å². The van der Waals surface area contributed by atoms with Gasteiger partial charge in [-0.25, -0.2) is 0 Å². The lowest BCUT2D eigenvalue weighted by Gasteiger charge is -2.06. The number of nitrogens with one attached hydrogen (secondary N) is 1. The van der Waals surface area contributed by atoms with Crippen LogP contribution in [0.2, 0.25) is 0 Å². The van der Waals surface area contributed by atoms with Gasteiger partial charge in [-0.1, -0.05) is 28.1 Å². The van der Waals surface area contributed by atoms with Gasteiger partial charge < -0.3 is 10.1 Å². The zero-order chi connectivity index (χ0) is 13.7. The number of methoxy groups -OCH3 is 1. The first-order chi connectivity index (χ1) is 9.19. The molecule has 2 aromatic rings. The van der Waals surface area contributed by atoms with Crippen LogP contribution in [-0.2, 0) is 11.3 Å². The number of halogens is 1. The first kappa shape index (κ1) is 13.8. The molecular formula is C15H14BrNO2. The predicted octanol–water partition coefficient (Wildman–Crippen LogP) is 3.85. The van der Waals surface area contributed by atoms with E-state index < -0.39 is 0 Å². The van der Waals surface area contributed by atoms with Gasteiger partial charge in [0, 0.05) is 22.8 Å². The van der Waals surface area contributed by atoms with Gasteiger partial charge >= 0.3 is 0 Å². The van der Waals surface area contributed by atoms with Crippen LogP contribution in [0.4, 0.5) is 5.69 Å². The number of amides is 1. The molecule has 0 atom stereocenters. The molecule has 1 amide bonds. The summed E-state index contributed by atoms with van der Waals surface area (Å²) in [5, 5.41) is 2.85. The van der Waals surface area contributed by atoms with Crippen LogP contribution in [0.1, 0.15) is 15.9 Å². The van der Waals surface area contributed by atoms with Crippen molar-refractivity contribution in [3.63, 3.8) is 0 Å². The molecule has 0 saturated heterocycles. The quantitative estimate of drug-likeness (QED) is 0.929.